The first-order valence-electron chi connectivity index (χ1n) is 15.6. The lowest BCUT2D eigenvalue weighted by atomic mass is 10.1. The Bertz CT molecular complexity index is 1170. The van der Waals surface area contributed by atoms with Crippen LogP contribution in [0.5, 0.6) is 5.75 Å². The number of primary amides is 1. The highest BCUT2D eigenvalue weighted by Gasteiger charge is 2.31. The number of benzene rings is 1. The zero-order chi connectivity index (χ0) is 31.4. The van der Waals surface area contributed by atoms with E-state index in [1.165, 1.54) is 33.0 Å². The molecule has 0 bridgehead atoms. The molecule has 11 heteroatoms. The molecule has 1 aliphatic heterocycles. The van der Waals surface area contributed by atoms with Crippen molar-refractivity contribution in [3.8, 4) is 5.75 Å². The van der Waals surface area contributed by atoms with Gasteiger partial charge in [-0.25, -0.2) is 4.98 Å². The van der Waals surface area contributed by atoms with Crippen molar-refractivity contribution in [3.05, 3.63) is 30.0 Å². The van der Waals surface area contributed by atoms with Gasteiger partial charge < -0.3 is 40.0 Å². The predicted octanol–water partition coefficient (Wildman–Crippen LogP) is 4.63. The van der Waals surface area contributed by atoms with E-state index in [1.807, 2.05) is 25.9 Å². The smallest absolute Gasteiger partial charge is 0.248 e. The van der Waals surface area contributed by atoms with Crippen LogP contribution in [0.15, 0.2) is 24.4 Å². The lowest BCUT2D eigenvalue weighted by Crippen LogP contribution is -2.44. The van der Waals surface area contributed by atoms with Crippen LogP contribution in [0.2, 0.25) is 0 Å². The van der Waals surface area contributed by atoms with Crippen molar-refractivity contribution in [2.75, 3.05) is 62.6 Å². The first-order valence-corrected chi connectivity index (χ1v) is 15.6. The van der Waals surface area contributed by atoms with Gasteiger partial charge in [-0.05, 0) is 77.2 Å². The minimum Gasteiger partial charge on any atom is -0.495 e. The van der Waals surface area contributed by atoms with Crippen LogP contribution in [-0.2, 0) is 9.53 Å². The number of nitrogens with zero attached hydrogens (tertiary/aromatic N) is 5. The van der Waals surface area contributed by atoms with Crippen LogP contribution in [-0.4, -0.2) is 92.7 Å². The highest BCUT2D eigenvalue weighted by atomic mass is 16.5. The Kier molecular flexibility index (Phi) is 13.5. The van der Waals surface area contributed by atoms with Crippen LogP contribution in [0.4, 0.5) is 23.1 Å². The van der Waals surface area contributed by atoms with Crippen molar-refractivity contribution in [3.63, 3.8) is 0 Å². The minimum atomic E-state index is -0.532. The molecule has 1 aromatic carbocycles. The molecule has 43 heavy (non-hydrogen) atoms. The van der Waals surface area contributed by atoms with E-state index in [0.29, 0.717) is 35.5 Å². The quantitative estimate of drug-likeness (QED) is 0.298. The van der Waals surface area contributed by atoms with Gasteiger partial charge >= 0.3 is 0 Å². The van der Waals surface area contributed by atoms with Crippen LogP contribution in [0.25, 0.3) is 0 Å². The molecule has 2 heterocycles. The third kappa shape index (κ3) is 9.53. The molecule has 1 unspecified atom stereocenters. The predicted molar refractivity (Wildman–Crippen MR) is 173 cm³/mol. The fourth-order valence-electron chi connectivity index (χ4n) is 5.81. The first-order chi connectivity index (χ1) is 20.7. The van der Waals surface area contributed by atoms with Gasteiger partial charge in [0.2, 0.25) is 11.9 Å². The largest absolute Gasteiger partial charge is 0.495 e. The van der Waals surface area contributed by atoms with E-state index >= 15 is 0 Å². The number of ether oxygens (including phenoxy) is 2. The zero-order valence-electron chi connectivity index (χ0n) is 26.8. The summed E-state index contributed by atoms with van der Waals surface area (Å²) < 4.78 is 10.9. The Balaban J connectivity index is 0.000000386. The Labute approximate surface area is 257 Å². The number of rotatable bonds is 14. The van der Waals surface area contributed by atoms with Crippen LogP contribution in [0, 0.1) is 0 Å². The van der Waals surface area contributed by atoms with Crippen molar-refractivity contribution in [2.24, 2.45) is 5.73 Å². The third-order valence-electron chi connectivity index (χ3n) is 8.02. The Morgan fingerprint density at radius 3 is 2.44 bits per heavy atom. The maximum absolute atomic E-state index is 12.0. The summed E-state index contributed by atoms with van der Waals surface area (Å²) in [6, 6.07) is 4.90. The molecule has 0 spiro atoms. The average Bonchev–Trinajstić information content (AvgIpc) is 3.71. The molecular formula is C32H51N7O4. The summed E-state index contributed by atoms with van der Waals surface area (Å²) in [6.07, 6.45) is 11.0. The summed E-state index contributed by atoms with van der Waals surface area (Å²) >= 11 is 0. The van der Waals surface area contributed by atoms with Gasteiger partial charge in [0.15, 0.2) is 5.82 Å². The van der Waals surface area contributed by atoms with Gasteiger partial charge in [-0.3, -0.25) is 4.79 Å². The Morgan fingerprint density at radius 1 is 1.19 bits per heavy atom. The zero-order valence-corrected chi connectivity index (χ0v) is 26.8. The summed E-state index contributed by atoms with van der Waals surface area (Å²) in [6.45, 7) is 10.7. The maximum atomic E-state index is 12.0. The van der Waals surface area contributed by atoms with Crippen LogP contribution in [0.1, 0.15) is 76.1 Å². The van der Waals surface area contributed by atoms with Crippen molar-refractivity contribution in [2.45, 2.75) is 83.9 Å². The molecule has 1 saturated heterocycles. The molecule has 1 aromatic heterocycles. The minimum absolute atomic E-state index is 0.260. The number of anilines is 4. The number of methoxy groups -OCH3 is 1. The van der Waals surface area contributed by atoms with Gasteiger partial charge in [0.05, 0.1) is 36.8 Å². The topological polar surface area (TPSA) is 126 Å². The molecule has 2 aliphatic rings. The van der Waals surface area contributed by atoms with Gasteiger partial charge in [-0.1, -0.05) is 19.8 Å². The number of likely N-dealkylation sites (tertiary alicyclic amines) is 1. The monoisotopic (exact) mass is 597 g/mol. The van der Waals surface area contributed by atoms with E-state index in [0.717, 1.165) is 56.6 Å². The molecule has 238 valence electrons. The first kappa shape index (κ1) is 34.1. The molecule has 1 aliphatic carbocycles. The number of hydrogen-bond donors (Lipinski definition) is 2. The molecule has 2 atom stereocenters. The van der Waals surface area contributed by atoms with E-state index in [-0.39, 0.29) is 12.1 Å². The van der Waals surface area contributed by atoms with Crippen molar-refractivity contribution in [1.29, 1.82) is 0 Å². The molecule has 3 N–H and O–H groups in total. The molecule has 1 saturated carbocycles. The number of aromatic nitrogens is 2. The van der Waals surface area contributed by atoms with Crippen LogP contribution in [0.3, 0.4) is 0 Å². The Morgan fingerprint density at radius 2 is 1.88 bits per heavy atom. The number of aldehydes is 1. The molecule has 0 radical (unpaired) electrons. The summed E-state index contributed by atoms with van der Waals surface area (Å²) in [5, 5.41) is 3.18. The Hall–Kier alpha value is -3.44. The molecule has 4 rings (SSSR count). The van der Waals surface area contributed by atoms with E-state index in [4.69, 9.17) is 20.2 Å². The standard InChI is InChI=1S/C23H32N6O3.C9H19NO/c1-5-16(14-30)29(17-8-6-7-9-17)22-19(28(2)3)13-25-23(27-22)26-18-11-10-15(21(24)31)12-20(18)32-4;1-3-11-9(2)8-10-6-4-5-7-10/h10-14,16-17H,5-9H2,1-4H3,(H2,24,31)(H,25,26,27);9H,3-8H2,1-2H3/t;9-/m.1/s1. The van der Waals surface area contributed by atoms with Crippen LogP contribution >= 0.6 is 0 Å². The second-order valence-corrected chi connectivity index (χ2v) is 11.4. The van der Waals surface area contributed by atoms with Crippen LogP contribution < -0.4 is 25.6 Å². The lowest BCUT2D eigenvalue weighted by Gasteiger charge is -2.36. The average molecular weight is 598 g/mol. The normalized spacial score (nSPS) is 16.6. The summed E-state index contributed by atoms with van der Waals surface area (Å²) in [5.74, 6) is 1.02. The second-order valence-electron chi connectivity index (χ2n) is 11.4. The fraction of sp³-hybridized carbons (Fsp3) is 0.625. The number of nitrogens with two attached hydrogens (primary N) is 1. The molecule has 11 nitrogen and oxygen atoms in total. The lowest BCUT2D eigenvalue weighted by molar-refractivity contribution is -0.109. The van der Waals surface area contributed by atoms with Crippen molar-refractivity contribution >= 4 is 35.3 Å². The summed E-state index contributed by atoms with van der Waals surface area (Å²) in [7, 11) is 5.40. The number of amides is 1. The number of carbonyl (C=O) groups excluding carboxylic acids is 2. The molecule has 1 amide bonds. The number of nitrogens with one attached hydrogen (secondary N) is 1. The van der Waals surface area contributed by atoms with E-state index in [2.05, 4.69) is 33.9 Å². The van der Waals surface area contributed by atoms with Gasteiger partial charge in [-0.15, -0.1) is 0 Å². The number of hydrogen-bond acceptors (Lipinski definition) is 10. The van der Waals surface area contributed by atoms with Crippen molar-refractivity contribution in [1.82, 2.24) is 14.9 Å². The van der Waals surface area contributed by atoms with E-state index < -0.39 is 5.91 Å². The molecule has 2 fully saturated rings. The number of carbonyl (C=O) groups is 2. The van der Waals surface area contributed by atoms with Gasteiger partial charge in [0.25, 0.3) is 0 Å². The molecule has 2 aromatic rings. The highest BCUT2D eigenvalue weighted by molar-refractivity contribution is 5.94. The van der Waals surface area contributed by atoms with Gasteiger partial charge in [0, 0.05) is 38.9 Å². The SMILES string of the molecule is CCC(C=O)N(c1nc(Nc2ccc(C(N)=O)cc2OC)ncc1N(C)C)C1CCCC1.CCO[C@H](C)CN1CCCC1. The van der Waals surface area contributed by atoms with Gasteiger partial charge in [0.1, 0.15) is 12.0 Å². The van der Waals surface area contributed by atoms with E-state index in [9.17, 15) is 9.59 Å². The fourth-order valence-corrected chi connectivity index (χ4v) is 5.81. The van der Waals surface area contributed by atoms with Gasteiger partial charge in [-0.2, -0.15) is 4.98 Å². The molecular weight excluding hydrogens is 546 g/mol. The third-order valence-corrected chi connectivity index (χ3v) is 8.02. The highest BCUT2D eigenvalue weighted by Crippen LogP contribution is 2.36. The second kappa shape index (κ2) is 17.0. The summed E-state index contributed by atoms with van der Waals surface area (Å²) in [5.41, 5.74) is 7.18. The maximum Gasteiger partial charge on any atom is 0.248 e. The van der Waals surface area contributed by atoms with E-state index in [1.54, 1.807) is 24.4 Å². The summed E-state index contributed by atoms with van der Waals surface area (Å²) in [4.78, 5) is 39.4. The van der Waals surface area contributed by atoms with Crippen molar-refractivity contribution < 1.29 is 19.1 Å².